The van der Waals surface area contributed by atoms with Gasteiger partial charge in [0.25, 0.3) is 0 Å². The van der Waals surface area contributed by atoms with Crippen LogP contribution in [0.5, 0.6) is 5.88 Å². The highest BCUT2D eigenvalue weighted by atomic mass is 19.4. The molecule has 2 aromatic heterocycles. The lowest BCUT2D eigenvalue weighted by molar-refractivity contribution is -0.138. The number of piperazine rings is 1. The van der Waals surface area contributed by atoms with E-state index in [9.17, 15) is 18.0 Å². The molecular formula is C23H24F3N5O3. The normalized spacial score (nSPS) is 15.3. The zero-order chi connectivity index (χ0) is 24.3. The third kappa shape index (κ3) is 5.13. The average Bonchev–Trinajstić information content (AvgIpc) is 2.84. The van der Waals surface area contributed by atoms with Gasteiger partial charge in [-0.1, -0.05) is 18.2 Å². The average molecular weight is 475 g/mol. The van der Waals surface area contributed by atoms with Gasteiger partial charge in [0.05, 0.1) is 12.7 Å². The largest absolute Gasteiger partial charge is 0.481 e. The van der Waals surface area contributed by atoms with Gasteiger partial charge in [0.15, 0.2) is 0 Å². The fraction of sp³-hybridized carbons (Fsp3) is 0.391. The highest BCUT2D eigenvalue weighted by Gasteiger charge is 2.32. The Morgan fingerprint density at radius 3 is 2.29 bits per heavy atom. The maximum atomic E-state index is 12.7. The predicted octanol–water partition coefficient (Wildman–Crippen LogP) is 3.94. The standard InChI is InChI=1S/C23H24F3N5O3/c1-15(11-16-12-27-20(33-2)19-6-4-3-5-18(16)19)34-22(32)31-9-7-30(8-10-31)21-28-13-17(14-29-21)23(24,25)26/h3-6,12-15H,7-11H2,1-2H3. The van der Waals surface area contributed by atoms with Gasteiger partial charge in [0.1, 0.15) is 6.10 Å². The number of hydrogen-bond donors (Lipinski definition) is 0. The number of hydrogen-bond acceptors (Lipinski definition) is 7. The van der Waals surface area contributed by atoms with Crippen LogP contribution in [0.25, 0.3) is 10.8 Å². The number of halogens is 3. The van der Waals surface area contributed by atoms with E-state index in [-0.39, 0.29) is 12.1 Å². The molecule has 1 aromatic carbocycles. The van der Waals surface area contributed by atoms with Crippen molar-refractivity contribution in [1.82, 2.24) is 19.9 Å². The first-order valence-electron chi connectivity index (χ1n) is 10.8. The first kappa shape index (κ1) is 23.5. The Hall–Kier alpha value is -3.63. The summed E-state index contributed by atoms with van der Waals surface area (Å²) in [6, 6.07) is 7.75. The third-order valence-electron chi connectivity index (χ3n) is 5.63. The number of anilines is 1. The number of fused-ring (bicyclic) bond motifs is 1. The number of carbonyl (C=O) groups is 1. The quantitative estimate of drug-likeness (QED) is 0.553. The van der Waals surface area contributed by atoms with Crippen LogP contribution in [0.15, 0.2) is 42.9 Å². The zero-order valence-electron chi connectivity index (χ0n) is 18.7. The molecule has 3 aromatic rings. The van der Waals surface area contributed by atoms with E-state index < -0.39 is 17.8 Å². The molecule has 1 aliphatic rings. The van der Waals surface area contributed by atoms with Crippen molar-refractivity contribution in [2.75, 3.05) is 38.2 Å². The Balaban J connectivity index is 1.32. The van der Waals surface area contributed by atoms with Crippen molar-refractivity contribution in [3.63, 3.8) is 0 Å². The van der Waals surface area contributed by atoms with Crippen LogP contribution in [-0.4, -0.2) is 65.3 Å². The number of amides is 1. The van der Waals surface area contributed by atoms with E-state index in [4.69, 9.17) is 9.47 Å². The number of alkyl halides is 3. The predicted molar refractivity (Wildman–Crippen MR) is 119 cm³/mol. The van der Waals surface area contributed by atoms with Crippen LogP contribution in [0.3, 0.4) is 0 Å². The summed E-state index contributed by atoms with van der Waals surface area (Å²) in [6.07, 6.45) is -1.55. The van der Waals surface area contributed by atoms with Gasteiger partial charge in [-0.15, -0.1) is 0 Å². The smallest absolute Gasteiger partial charge is 0.419 e. The van der Waals surface area contributed by atoms with Gasteiger partial charge in [0.2, 0.25) is 11.8 Å². The van der Waals surface area contributed by atoms with Gasteiger partial charge in [-0.3, -0.25) is 0 Å². The molecule has 1 aliphatic heterocycles. The van der Waals surface area contributed by atoms with Crippen molar-refractivity contribution in [1.29, 1.82) is 0 Å². The van der Waals surface area contributed by atoms with Gasteiger partial charge < -0.3 is 19.3 Å². The molecule has 34 heavy (non-hydrogen) atoms. The fourth-order valence-electron chi connectivity index (χ4n) is 3.87. The summed E-state index contributed by atoms with van der Waals surface area (Å²) in [7, 11) is 1.57. The summed E-state index contributed by atoms with van der Waals surface area (Å²) in [5, 5.41) is 1.88. The second-order valence-corrected chi connectivity index (χ2v) is 7.98. The molecule has 8 nitrogen and oxygen atoms in total. The summed E-state index contributed by atoms with van der Waals surface area (Å²) < 4.78 is 49.1. The van der Waals surface area contributed by atoms with E-state index in [1.54, 1.807) is 23.1 Å². The number of carbonyl (C=O) groups excluding carboxylic acids is 1. The molecule has 1 atom stereocenters. The van der Waals surface area contributed by atoms with Crippen LogP contribution >= 0.6 is 0 Å². The molecule has 0 bridgehead atoms. The van der Waals surface area contributed by atoms with Crippen LogP contribution in [0, 0.1) is 0 Å². The molecule has 11 heteroatoms. The minimum atomic E-state index is -4.48. The Morgan fingerprint density at radius 1 is 1.03 bits per heavy atom. The summed E-state index contributed by atoms with van der Waals surface area (Å²) in [5.41, 5.74) is 0.0493. The second kappa shape index (κ2) is 9.70. The van der Waals surface area contributed by atoms with Crippen molar-refractivity contribution < 1.29 is 27.4 Å². The molecule has 1 saturated heterocycles. The van der Waals surface area contributed by atoms with Gasteiger partial charge in [0, 0.05) is 56.6 Å². The maximum Gasteiger partial charge on any atom is 0.419 e. The molecule has 4 rings (SSSR count). The monoisotopic (exact) mass is 475 g/mol. The molecule has 1 unspecified atom stereocenters. The molecule has 1 amide bonds. The summed E-state index contributed by atoms with van der Waals surface area (Å²) in [5.74, 6) is 0.743. The summed E-state index contributed by atoms with van der Waals surface area (Å²) in [6.45, 7) is 3.30. The number of benzene rings is 1. The third-order valence-corrected chi connectivity index (χ3v) is 5.63. The minimum absolute atomic E-state index is 0.202. The molecule has 0 saturated carbocycles. The highest BCUT2D eigenvalue weighted by molar-refractivity contribution is 5.89. The van der Waals surface area contributed by atoms with Gasteiger partial charge >= 0.3 is 12.3 Å². The summed E-state index contributed by atoms with van der Waals surface area (Å²) in [4.78, 5) is 27.9. The van der Waals surface area contributed by atoms with Crippen molar-refractivity contribution in [3.05, 3.63) is 54.0 Å². The molecule has 0 aliphatic carbocycles. The molecule has 1 fully saturated rings. The lowest BCUT2D eigenvalue weighted by atomic mass is 10.0. The van der Waals surface area contributed by atoms with E-state index >= 15 is 0 Å². The second-order valence-electron chi connectivity index (χ2n) is 7.98. The molecule has 180 valence electrons. The van der Waals surface area contributed by atoms with Crippen molar-refractivity contribution in [2.24, 2.45) is 0 Å². The fourth-order valence-corrected chi connectivity index (χ4v) is 3.87. The van der Waals surface area contributed by atoms with Crippen molar-refractivity contribution in [2.45, 2.75) is 25.6 Å². The lowest BCUT2D eigenvalue weighted by Crippen LogP contribution is -2.50. The Morgan fingerprint density at radius 2 is 1.68 bits per heavy atom. The van der Waals surface area contributed by atoms with E-state index in [2.05, 4.69) is 15.0 Å². The van der Waals surface area contributed by atoms with E-state index in [0.29, 0.717) is 38.5 Å². The maximum absolute atomic E-state index is 12.7. The Kier molecular flexibility index (Phi) is 6.71. The highest BCUT2D eigenvalue weighted by Crippen LogP contribution is 2.29. The molecule has 3 heterocycles. The Bertz CT molecular complexity index is 1150. The van der Waals surface area contributed by atoms with Gasteiger partial charge in [-0.2, -0.15) is 13.2 Å². The van der Waals surface area contributed by atoms with E-state index in [1.165, 1.54) is 0 Å². The number of nitrogens with zero attached hydrogens (tertiary/aromatic N) is 5. The Labute approximate surface area is 194 Å². The SMILES string of the molecule is COc1ncc(CC(C)OC(=O)N2CCN(c3ncc(C(F)(F)F)cn3)CC2)c2ccccc12. The van der Waals surface area contributed by atoms with Crippen LogP contribution in [0.4, 0.5) is 23.9 Å². The molecule has 0 spiro atoms. The molecule has 0 N–H and O–H groups in total. The number of aromatic nitrogens is 3. The topological polar surface area (TPSA) is 80.7 Å². The van der Waals surface area contributed by atoms with E-state index in [0.717, 1.165) is 28.7 Å². The van der Waals surface area contributed by atoms with Gasteiger partial charge in [-0.25, -0.2) is 19.7 Å². The van der Waals surface area contributed by atoms with Crippen molar-refractivity contribution in [3.8, 4) is 5.88 Å². The first-order valence-corrected chi connectivity index (χ1v) is 10.8. The number of pyridine rings is 1. The van der Waals surface area contributed by atoms with Crippen LogP contribution in [0.1, 0.15) is 18.1 Å². The van der Waals surface area contributed by atoms with Gasteiger partial charge in [-0.05, 0) is 23.9 Å². The summed E-state index contributed by atoms with van der Waals surface area (Å²) >= 11 is 0. The molecular weight excluding hydrogens is 451 g/mol. The number of methoxy groups -OCH3 is 1. The number of ether oxygens (including phenoxy) is 2. The first-order chi connectivity index (χ1) is 16.3. The van der Waals surface area contributed by atoms with Crippen LogP contribution in [0.2, 0.25) is 0 Å². The molecule has 0 radical (unpaired) electrons. The number of rotatable bonds is 5. The minimum Gasteiger partial charge on any atom is -0.481 e. The lowest BCUT2D eigenvalue weighted by Gasteiger charge is -2.34. The van der Waals surface area contributed by atoms with Crippen LogP contribution in [-0.2, 0) is 17.3 Å². The van der Waals surface area contributed by atoms with E-state index in [1.807, 2.05) is 31.2 Å². The van der Waals surface area contributed by atoms with Crippen LogP contribution < -0.4 is 9.64 Å². The zero-order valence-corrected chi connectivity index (χ0v) is 18.7. The van der Waals surface area contributed by atoms with Crippen molar-refractivity contribution >= 4 is 22.8 Å².